The topological polar surface area (TPSA) is 158 Å². The molecule has 12 nitrogen and oxygen atoms in total. The first-order valence-electron chi connectivity index (χ1n) is 17.0. The van der Waals surface area contributed by atoms with E-state index in [1.165, 1.54) is 40.7 Å². The third kappa shape index (κ3) is 8.10. The molecule has 3 aliphatic rings. The van der Waals surface area contributed by atoms with Gasteiger partial charge in [-0.1, -0.05) is 57.7 Å². The number of hydrogen-bond donors (Lipinski definition) is 0. The lowest BCUT2D eigenvalue weighted by molar-refractivity contribution is -0.230. The van der Waals surface area contributed by atoms with Gasteiger partial charge in [-0.05, 0) is 47.1 Å². The molecule has 0 aromatic heterocycles. The van der Waals surface area contributed by atoms with E-state index in [1.54, 1.807) is 19.9 Å². The molecule has 51 heavy (non-hydrogen) atoms. The number of esters is 6. The van der Waals surface area contributed by atoms with E-state index >= 15 is 0 Å². The molecule has 0 radical (unpaired) electrons. The molecule has 2 fully saturated rings. The molecule has 1 aromatic rings. The summed E-state index contributed by atoms with van der Waals surface area (Å²) in [4.78, 5) is 77.4. The van der Waals surface area contributed by atoms with Crippen LogP contribution in [0, 0.1) is 22.7 Å². The summed E-state index contributed by atoms with van der Waals surface area (Å²) < 4.78 is 36.2. The zero-order valence-electron chi connectivity index (χ0n) is 30.7. The van der Waals surface area contributed by atoms with Crippen LogP contribution in [-0.4, -0.2) is 72.4 Å². The third-order valence-electron chi connectivity index (χ3n) is 10.5. The minimum Gasteiger partial charge on any atom is -0.462 e. The summed E-state index contributed by atoms with van der Waals surface area (Å²) >= 11 is 0. The first kappa shape index (κ1) is 39.1. The molecule has 0 N–H and O–H groups in total. The SMILES string of the molecule is C=C1[C@@H](OC(=O)/C=C/c2ccccc2)C[C@H](OC(C)=O)[C@@]2(C)[C@@H](OC(C)=O)[C@@H](OC(C)=O)C3=C(C)[C@H](OC(C)=O)C[C@H]([C@H](OC(C)=O)[C@H]12)C3(C)C. The van der Waals surface area contributed by atoms with Crippen molar-refractivity contribution in [1.29, 1.82) is 0 Å². The molecule has 1 aromatic carbocycles. The fraction of sp³-hybridized carbons (Fsp3) is 0.538. The highest BCUT2D eigenvalue weighted by Crippen LogP contribution is 2.61. The van der Waals surface area contributed by atoms with E-state index in [2.05, 4.69) is 6.58 Å². The van der Waals surface area contributed by atoms with Gasteiger partial charge in [-0.3, -0.25) is 24.0 Å². The summed E-state index contributed by atoms with van der Waals surface area (Å²) in [7, 11) is 0. The monoisotopic (exact) mass is 708 g/mol. The van der Waals surface area contributed by atoms with Gasteiger partial charge in [0.25, 0.3) is 0 Å². The minimum absolute atomic E-state index is 0.101. The Bertz CT molecular complexity index is 1640. The summed E-state index contributed by atoms with van der Waals surface area (Å²) in [5, 5.41) is 0. The molecule has 3 aliphatic carbocycles. The molecule has 0 amide bonds. The van der Waals surface area contributed by atoms with Gasteiger partial charge in [-0.25, -0.2) is 4.79 Å². The number of rotatable bonds is 8. The van der Waals surface area contributed by atoms with Crippen LogP contribution in [0.5, 0.6) is 0 Å². The Morgan fingerprint density at radius 2 is 1.29 bits per heavy atom. The fourth-order valence-corrected chi connectivity index (χ4v) is 8.51. The summed E-state index contributed by atoms with van der Waals surface area (Å²) in [5.74, 6) is -5.65. The van der Waals surface area contributed by atoms with Crippen LogP contribution in [0.2, 0.25) is 0 Å². The smallest absolute Gasteiger partial charge is 0.331 e. The predicted octanol–water partition coefficient (Wildman–Crippen LogP) is 5.23. The molecule has 0 spiro atoms. The van der Waals surface area contributed by atoms with Crippen LogP contribution in [0.3, 0.4) is 0 Å². The van der Waals surface area contributed by atoms with Crippen molar-refractivity contribution in [1.82, 2.24) is 0 Å². The standard InChI is InChI=1S/C39H48O12/c1-20-29(46-22(3)40)18-28-35(48-24(5)42)34-21(2)30(51-32(45)17-16-27-14-12-11-13-15-27)19-31(47-23(4)41)39(34,10)37(50-26(7)44)36(49-25(6)43)33(20)38(28,8)9/h11-17,28-31,34-37H,2,18-19H2,1,3-10H3/b17-16+/t28-,29-,30+,31+,34+,35+,36+,37+,39-/m1/s1. The summed E-state index contributed by atoms with van der Waals surface area (Å²) in [6.07, 6.45) is -3.79. The molecule has 0 aliphatic heterocycles. The van der Waals surface area contributed by atoms with Gasteiger partial charge in [0.15, 0.2) is 12.2 Å². The fourth-order valence-electron chi connectivity index (χ4n) is 8.51. The van der Waals surface area contributed by atoms with Gasteiger partial charge in [-0.15, -0.1) is 0 Å². The van der Waals surface area contributed by atoms with Crippen molar-refractivity contribution in [2.24, 2.45) is 22.7 Å². The molecule has 12 heteroatoms. The van der Waals surface area contributed by atoms with Gasteiger partial charge >= 0.3 is 35.8 Å². The van der Waals surface area contributed by atoms with Crippen molar-refractivity contribution in [3.63, 3.8) is 0 Å². The molecule has 276 valence electrons. The van der Waals surface area contributed by atoms with E-state index < -0.39 is 95.1 Å². The van der Waals surface area contributed by atoms with Crippen LogP contribution < -0.4 is 0 Å². The Labute approximate surface area is 298 Å². The number of ether oxygens (including phenoxy) is 6. The van der Waals surface area contributed by atoms with Crippen molar-refractivity contribution in [2.75, 3.05) is 0 Å². The lowest BCUT2D eigenvalue weighted by Gasteiger charge is -2.61. The van der Waals surface area contributed by atoms with E-state index in [9.17, 15) is 28.8 Å². The van der Waals surface area contributed by atoms with Gasteiger partial charge in [-0.2, -0.15) is 0 Å². The van der Waals surface area contributed by atoms with Gasteiger partial charge in [0.1, 0.15) is 24.4 Å². The molecular formula is C39H48O12. The number of fused-ring (bicyclic) bond motifs is 3. The largest absolute Gasteiger partial charge is 0.462 e. The Morgan fingerprint density at radius 1 is 0.725 bits per heavy atom. The first-order valence-corrected chi connectivity index (χ1v) is 17.0. The Balaban J connectivity index is 2.02. The summed E-state index contributed by atoms with van der Waals surface area (Å²) in [6, 6.07) is 9.13. The zero-order valence-corrected chi connectivity index (χ0v) is 30.7. The van der Waals surface area contributed by atoms with E-state index in [4.69, 9.17) is 28.4 Å². The molecule has 4 rings (SSSR count). The highest BCUT2D eigenvalue weighted by molar-refractivity contribution is 5.87. The van der Waals surface area contributed by atoms with Gasteiger partial charge < -0.3 is 28.4 Å². The van der Waals surface area contributed by atoms with Crippen molar-refractivity contribution in [2.45, 2.75) is 112 Å². The molecular weight excluding hydrogens is 660 g/mol. The highest BCUT2D eigenvalue weighted by Gasteiger charge is 2.68. The second-order valence-electron chi connectivity index (χ2n) is 14.3. The minimum atomic E-state index is -1.49. The molecule has 2 bridgehead atoms. The second kappa shape index (κ2) is 15.2. The Kier molecular flexibility index (Phi) is 11.7. The first-order chi connectivity index (χ1) is 23.8. The van der Waals surface area contributed by atoms with Crippen molar-refractivity contribution >= 4 is 41.9 Å². The maximum absolute atomic E-state index is 13.3. The molecule has 9 atom stereocenters. The quantitative estimate of drug-likeness (QED) is 0.150. The average molecular weight is 709 g/mol. The number of carbonyl (C=O) groups is 6. The Hall–Kier alpha value is -4.74. The van der Waals surface area contributed by atoms with Crippen molar-refractivity contribution in [3.8, 4) is 0 Å². The maximum atomic E-state index is 13.3. The van der Waals surface area contributed by atoms with Crippen LogP contribution in [0.25, 0.3) is 6.08 Å². The van der Waals surface area contributed by atoms with Gasteiger partial charge in [0.05, 0.1) is 5.41 Å². The van der Waals surface area contributed by atoms with Crippen LogP contribution in [-0.2, 0) is 57.2 Å². The molecule has 0 unspecified atom stereocenters. The number of benzene rings is 1. The van der Waals surface area contributed by atoms with Crippen molar-refractivity contribution in [3.05, 3.63) is 65.3 Å². The lowest BCUT2D eigenvalue weighted by Crippen LogP contribution is -2.68. The van der Waals surface area contributed by atoms with Crippen LogP contribution in [0.15, 0.2) is 59.7 Å². The Morgan fingerprint density at radius 3 is 1.84 bits per heavy atom. The van der Waals surface area contributed by atoms with Crippen LogP contribution in [0.1, 0.15) is 80.7 Å². The van der Waals surface area contributed by atoms with E-state index in [0.717, 1.165) is 5.56 Å². The predicted molar refractivity (Wildman–Crippen MR) is 183 cm³/mol. The lowest BCUT2D eigenvalue weighted by atomic mass is 9.48. The maximum Gasteiger partial charge on any atom is 0.331 e. The second-order valence-corrected chi connectivity index (χ2v) is 14.3. The normalized spacial score (nSPS) is 31.3. The van der Waals surface area contributed by atoms with Gasteiger partial charge in [0.2, 0.25) is 0 Å². The van der Waals surface area contributed by atoms with E-state index in [0.29, 0.717) is 16.7 Å². The third-order valence-corrected chi connectivity index (χ3v) is 10.5. The van der Waals surface area contributed by atoms with Crippen molar-refractivity contribution < 1.29 is 57.2 Å². The molecule has 0 heterocycles. The number of carbonyl (C=O) groups excluding carboxylic acids is 6. The number of hydrogen-bond acceptors (Lipinski definition) is 12. The van der Waals surface area contributed by atoms with Gasteiger partial charge in [0, 0.05) is 59.0 Å². The van der Waals surface area contributed by atoms with E-state index in [-0.39, 0.29) is 12.8 Å². The summed E-state index contributed by atoms with van der Waals surface area (Å²) in [6.45, 7) is 17.8. The highest BCUT2D eigenvalue weighted by atomic mass is 16.6. The average Bonchev–Trinajstić information content (AvgIpc) is 3.01. The van der Waals surface area contributed by atoms with E-state index in [1.807, 2.05) is 44.2 Å². The van der Waals surface area contributed by atoms with Crippen LogP contribution >= 0.6 is 0 Å². The summed E-state index contributed by atoms with van der Waals surface area (Å²) in [5.41, 5.74) is -0.281. The zero-order chi connectivity index (χ0) is 38.0. The molecule has 2 saturated carbocycles. The molecule has 0 saturated heterocycles. The van der Waals surface area contributed by atoms with Crippen LogP contribution in [0.4, 0.5) is 0 Å².